The first-order valence-electron chi connectivity index (χ1n) is 7.42. The van der Waals surface area contributed by atoms with E-state index in [1.165, 1.54) is 0 Å². The zero-order valence-corrected chi connectivity index (χ0v) is 12.6. The fourth-order valence-electron chi connectivity index (χ4n) is 2.53. The van der Waals surface area contributed by atoms with Crippen molar-refractivity contribution in [1.29, 1.82) is 0 Å². The molecule has 0 aromatic carbocycles. The first-order chi connectivity index (χ1) is 11.8. The van der Waals surface area contributed by atoms with Gasteiger partial charge < -0.3 is 5.32 Å². The molecule has 0 aliphatic carbocycles. The second-order valence-electron chi connectivity index (χ2n) is 5.17. The van der Waals surface area contributed by atoms with Crippen LogP contribution in [0.1, 0.15) is 10.5 Å². The fraction of sp³-hybridized carbons (Fsp3) is 0. The first-order valence-corrected chi connectivity index (χ1v) is 7.42. The third-order valence-electron chi connectivity index (χ3n) is 3.62. The maximum Gasteiger partial charge on any atom is 0.276 e. The summed E-state index contributed by atoms with van der Waals surface area (Å²) in [5, 5.41) is 2.84. The number of fused-ring (bicyclic) bond motifs is 1. The molecular formula is C18H13N5O. The van der Waals surface area contributed by atoms with Gasteiger partial charge in [0.25, 0.3) is 5.91 Å². The zero-order valence-electron chi connectivity index (χ0n) is 12.6. The lowest BCUT2D eigenvalue weighted by Crippen LogP contribution is -2.12. The maximum absolute atomic E-state index is 12.6. The minimum atomic E-state index is -0.264. The normalized spacial score (nSPS) is 10.7. The Bertz CT molecular complexity index is 996. The van der Waals surface area contributed by atoms with Crippen molar-refractivity contribution in [3.63, 3.8) is 0 Å². The average Bonchev–Trinajstić information content (AvgIpc) is 3.03. The maximum atomic E-state index is 12.6. The van der Waals surface area contributed by atoms with E-state index in [1.807, 2.05) is 40.9 Å². The van der Waals surface area contributed by atoms with Crippen LogP contribution < -0.4 is 5.32 Å². The molecule has 0 saturated carbocycles. The molecule has 0 bridgehead atoms. The number of rotatable bonds is 3. The molecule has 0 spiro atoms. The molecular weight excluding hydrogens is 302 g/mol. The van der Waals surface area contributed by atoms with E-state index in [1.54, 1.807) is 36.9 Å². The Morgan fingerprint density at radius 2 is 1.83 bits per heavy atom. The second-order valence-corrected chi connectivity index (χ2v) is 5.17. The van der Waals surface area contributed by atoms with E-state index in [2.05, 4.69) is 20.3 Å². The Labute approximate surface area is 137 Å². The number of hydrogen-bond donors (Lipinski definition) is 1. The van der Waals surface area contributed by atoms with Gasteiger partial charge in [0.2, 0.25) is 0 Å². The number of carbonyl (C=O) groups excluding carboxylic acids is 1. The molecule has 1 N–H and O–H groups in total. The van der Waals surface area contributed by atoms with Crippen LogP contribution in [0.5, 0.6) is 0 Å². The molecule has 6 heteroatoms. The molecule has 116 valence electrons. The van der Waals surface area contributed by atoms with Crippen molar-refractivity contribution < 1.29 is 4.79 Å². The number of pyridine rings is 3. The number of anilines is 1. The van der Waals surface area contributed by atoms with Crippen LogP contribution in [0.25, 0.3) is 16.9 Å². The van der Waals surface area contributed by atoms with Crippen LogP contribution in [0.2, 0.25) is 0 Å². The highest BCUT2D eigenvalue weighted by Gasteiger charge is 2.18. The quantitative estimate of drug-likeness (QED) is 0.631. The van der Waals surface area contributed by atoms with E-state index >= 15 is 0 Å². The second kappa shape index (κ2) is 5.92. The lowest BCUT2D eigenvalue weighted by molar-refractivity contribution is 0.102. The van der Waals surface area contributed by atoms with Crippen LogP contribution in [-0.2, 0) is 0 Å². The molecule has 4 aromatic rings. The Morgan fingerprint density at radius 1 is 0.958 bits per heavy atom. The standard InChI is InChI=1S/C18H13N5O/c24-18(21-14-6-9-19-10-7-14)16-15-5-1-2-11-23(15)17(22-16)13-4-3-8-20-12-13/h1-12H,(H,19,21,24). The van der Waals surface area contributed by atoms with Crippen LogP contribution in [0.15, 0.2) is 73.4 Å². The lowest BCUT2D eigenvalue weighted by atomic mass is 10.3. The largest absolute Gasteiger partial charge is 0.320 e. The summed E-state index contributed by atoms with van der Waals surface area (Å²) in [6, 6.07) is 12.9. The minimum Gasteiger partial charge on any atom is -0.320 e. The summed E-state index contributed by atoms with van der Waals surface area (Å²) in [4.78, 5) is 25.3. The van der Waals surface area contributed by atoms with E-state index in [9.17, 15) is 4.79 Å². The smallest absolute Gasteiger partial charge is 0.276 e. The molecule has 6 nitrogen and oxygen atoms in total. The van der Waals surface area contributed by atoms with Gasteiger partial charge in [-0.2, -0.15) is 0 Å². The van der Waals surface area contributed by atoms with Crippen LogP contribution >= 0.6 is 0 Å². The van der Waals surface area contributed by atoms with Crippen molar-refractivity contribution >= 4 is 17.1 Å². The molecule has 4 heterocycles. The predicted octanol–water partition coefficient (Wildman–Crippen LogP) is 3.04. The van der Waals surface area contributed by atoms with Gasteiger partial charge in [-0.25, -0.2) is 4.98 Å². The van der Waals surface area contributed by atoms with Crippen molar-refractivity contribution in [2.45, 2.75) is 0 Å². The van der Waals surface area contributed by atoms with E-state index in [0.717, 1.165) is 11.1 Å². The van der Waals surface area contributed by atoms with Crippen LogP contribution in [-0.4, -0.2) is 25.3 Å². The van der Waals surface area contributed by atoms with Gasteiger partial charge in [0, 0.05) is 42.2 Å². The molecule has 0 aliphatic rings. The highest BCUT2D eigenvalue weighted by molar-refractivity contribution is 6.08. The lowest BCUT2D eigenvalue weighted by Gasteiger charge is -2.02. The van der Waals surface area contributed by atoms with E-state index in [0.29, 0.717) is 17.2 Å². The van der Waals surface area contributed by atoms with Crippen molar-refractivity contribution in [2.75, 3.05) is 5.32 Å². The summed E-state index contributed by atoms with van der Waals surface area (Å²) in [7, 11) is 0. The third kappa shape index (κ3) is 2.50. The summed E-state index contributed by atoms with van der Waals surface area (Å²) in [5.74, 6) is 0.415. The summed E-state index contributed by atoms with van der Waals surface area (Å²) in [6.45, 7) is 0. The van der Waals surface area contributed by atoms with Gasteiger partial charge in [-0.1, -0.05) is 6.07 Å². The molecule has 1 amide bonds. The van der Waals surface area contributed by atoms with Crippen molar-refractivity contribution in [1.82, 2.24) is 19.4 Å². The van der Waals surface area contributed by atoms with Gasteiger partial charge in [-0.05, 0) is 36.4 Å². The Kier molecular flexibility index (Phi) is 3.47. The molecule has 0 aliphatic heterocycles. The molecule has 0 atom stereocenters. The topological polar surface area (TPSA) is 72.2 Å². The van der Waals surface area contributed by atoms with E-state index in [-0.39, 0.29) is 5.91 Å². The van der Waals surface area contributed by atoms with Gasteiger partial charge in [0.05, 0.1) is 5.52 Å². The zero-order chi connectivity index (χ0) is 16.4. The molecule has 4 rings (SSSR count). The summed E-state index contributed by atoms with van der Waals surface area (Å²) < 4.78 is 1.89. The van der Waals surface area contributed by atoms with E-state index in [4.69, 9.17) is 0 Å². The number of amides is 1. The van der Waals surface area contributed by atoms with Crippen LogP contribution in [0.3, 0.4) is 0 Å². The number of aromatic nitrogens is 4. The van der Waals surface area contributed by atoms with Crippen molar-refractivity contribution in [3.8, 4) is 11.4 Å². The predicted molar refractivity (Wildman–Crippen MR) is 90.6 cm³/mol. The fourth-order valence-corrected chi connectivity index (χ4v) is 2.53. The highest BCUT2D eigenvalue weighted by Crippen LogP contribution is 2.22. The molecule has 0 fully saturated rings. The number of imidazole rings is 1. The number of nitrogens with one attached hydrogen (secondary N) is 1. The number of hydrogen-bond acceptors (Lipinski definition) is 4. The van der Waals surface area contributed by atoms with Gasteiger partial charge in [-0.3, -0.25) is 19.2 Å². The minimum absolute atomic E-state index is 0.264. The van der Waals surface area contributed by atoms with Crippen molar-refractivity contribution in [3.05, 3.63) is 79.1 Å². The number of nitrogens with zero attached hydrogens (tertiary/aromatic N) is 4. The molecule has 24 heavy (non-hydrogen) atoms. The summed E-state index contributed by atoms with van der Waals surface area (Å²) in [5.41, 5.74) is 2.63. The van der Waals surface area contributed by atoms with Crippen LogP contribution in [0.4, 0.5) is 5.69 Å². The molecule has 0 unspecified atom stereocenters. The summed E-state index contributed by atoms with van der Waals surface area (Å²) in [6.07, 6.45) is 8.57. The Morgan fingerprint density at radius 3 is 2.62 bits per heavy atom. The molecule has 4 aromatic heterocycles. The van der Waals surface area contributed by atoms with Gasteiger partial charge in [-0.15, -0.1) is 0 Å². The Hall–Kier alpha value is -3.54. The van der Waals surface area contributed by atoms with Gasteiger partial charge in [0.15, 0.2) is 5.69 Å². The van der Waals surface area contributed by atoms with Crippen molar-refractivity contribution in [2.24, 2.45) is 0 Å². The van der Waals surface area contributed by atoms with E-state index < -0.39 is 0 Å². The van der Waals surface area contributed by atoms with Gasteiger partial charge >= 0.3 is 0 Å². The third-order valence-corrected chi connectivity index (χ3v) is 3.62. The highest BCUT2D eigenvalue weighted by atomic mass is 16.1. The SMILES string of the molecule is O=C(Nc1ccncc1)c1nc(-c2cccnc2)n2ccccc12. The molecule has 0 radical (unpaired) electrons. The average molecular weight is 315 g/mol. The van der Waals surface area contributed by atoms with Gasteiger partial charge in [0.1, 0.15) is 5.82 Å². The summed E-state index contributed by atoms with van der Waals surface area (Å²) >= 11 is 0. The Balaban J connectivity index is 1.80. The number of carbonyl (C=O) groups is 1. The van der Waals surface area contributed by atoms with Crippen LogP contribution in [0, 0.1) is 0 Å². The first kappa shape index (κ1) is 14.1. The molecule has 0 saturated heterocycles. The monoisotopic (exact) mass is 315 g/mol.